The van der Waals surface area contributed by atoms with Crippen LogP contribution < -0.4 is 5.73 Å². The highest BCUT2D eigenvalue weighted by Crippen LogP contribution is 2.35. The molecule has 0 radical (unpaired) electrons. The summed E-state index contributed by atoms with van der Waals surface area (Å²) in [6.07, 6.45) is 5.45. The van der Waals surface area contributed by atoms with E-state index in [1.807, 2.05) is 23.9 Å². The molecule has 1 aliphatic heterocycles. The van der Waals surface area contributed by atoms with Gasteiger partial charge in [-0.15, -0.1) is 12.4 Å². The van der Waals surface area contributed by atoms with E-state index >= 15 is 0 Å². The van der Waals surface area contributed by atoms with Gasteiger partial charge in [-0.2, -0.15) is 4.31 Å². The lowest BCUT2D eigenvalue weighted by molar-refractivity contribution is 0.463. The SMILES string of the molecule is Cl.Cn1cc([C@@H]2CN(S(=O)(=O)c3ccccc3F)C[C@H]2N)c2ccncc21. The number of aromatic nitrogens is 2. The van der Waals surface area contributed by atoms with Crippen molar-refractivity contribution in [1.82, 2.24) is 13.9 Å². The molecule has 0 amide bonds. The van der Waals surface area contributed by atoms with E-state index in [-0.39, 0.29) is 42.4 Å². The Morgan fingerprint density at radius 1 is 1.22 bits per heavy atom. The van der Waals surface area contributed by atoms with Gasteiger partial charge < -0.3 is 10.3 Å². The summed E-state index contributed by atoms with van der Waals surface area (Å²) in [4.78, 5) is 3.83. The summed E-state index contributed by atoms with van der Waals surface area (Å²) >= 11 is 0. The van der Waals surface area contributed by atoms with Crippen LogP contribution in [0.2, 0.25) is 0 Å². The molecule has 1 saturated heterocycles. The van der Waals surface area contributed by atoms with Gasteiger partial charge in [0.1, 0.15) is 10.7 Å². The lowest BCUT2D eigenvalue weighted by Crippen LogP contribution is -2.32. The molecule has 0 unspecified atom stereocenters. The first kappa shape index (κ1) is 19.8. The van der Waals surface area contributed by atoms with Crippen molar-refractivity contribution in [2.75, 3.05) is 13.1 Å². The third kappa shape index (κ3) is 3.23. The molecule has 4 rings (SSSR count). The van der Waals surface area contributed by atoms with Crippen LogP contribution in [0.1, 0.15) is 11.5 Å². The smallest absolute Gasteiger partial charge is 0.246 e. The van der Waals surface area contributed by atoms with Crippen molar-refractivity contribution in [3.63, 3.8) is 0 Å². The summed E-state index contributed by atoms with van der Waals surface area (Å²) in [5.41, 5.74) is 8.24. The number of aryl methyl sites for hydroxylation is 1. The Morgan fingerprint density at radius 3 is 2.70 bits per heavy atom. The molecule has 27 heavy (non-hydrogen) atoms. The third-order valence-electron chi connectivity index (χ3n) is 5.01. The second-order valence-electron chi connectivity index (χ2n) is 6.61. The van der Waals surface area contributed by atoms with Crippen molar-refractivity contribution >= 4 is 33.3 Å². The predicted octanol–water partition coefficient (Wildman–Crippen LogP) is 2.25. The number of rotatable bonds is 3. The third-order valence-corrected chi connectivity index (χ3v) is 6.87. The zero-order valence-corrected chi connectivity index (χ0v) is 16.3. The number of halogens is 2. The van der Waals surface area contributed by atoms with Gasteiger partial charge in [0.2, 0.25) is 10.0 Å². The van der Waals surface area contributed by atoms with Crippen molar-refractivity contribution in [3.8, 4) is 0 Å². The summed E-state index contributed by atoms with van der Waals surface area (Å²) in [6, 6.07) is 6.96. The van der Waals surface area contributed by atoms with Crippen molar-refractivity contribution in [3.05, 3.63) is 60.3 Å². The Labute approximate surface area is 163 Å². The van der Waals surface area contributed by atoms with Gasteiger partial charge in [-0.3, -0.25) is 4.98 Å². The maximum Gasteiger partial charge on any atom is 0.246 e. The quantitative estimate of drug-likeness (QED) is 0.718. The molecule has 3 aromatic rings. The number of hydrogen-bond acceptors (Lipinski definition) is 4. The topological polar surface area (TPSA) is 81.2 Å². The maximum atomic E-state index is 14.0. The average Bonchev–Trinajstić information content (AvgIpc) is 3.16. The van der Waals surface area contributed by atoms with Crippen LogP contribution in [0.4, 0.5) is 4.39 Å². The van der Waals surface area contributed by atoms with Gasteiger partial charge in [0.05, 0.1) is 11.7 Å². The van der Waals surface area contributed by atoms with Crippen LogP contribution in [-0.2, 0) is 17.1 Å². The first-order valence-electron chi connectivity index (χ1n) is 8.29. The van der Waals surface area contributed by atoms with E-state index in [2.05, 4.69) is 4.98 Å². The number of nitrogens with zero attached hydrogens (tertiary/aromatic N) is 3. The molecule has 0 saturated carbocycles. The van der Waals surface area contributed by atoms with Crippen LogP contribution in [0.25, 0.3) is 10.9 Å². The normalized spacial score (nSPS) is 20.7. The van der Waals surface area contributed by atoms with Crippen LogP contribution in [0, 0.1) is 5.82 Å². The number of sulfonamides is 1. The monoisotopic (exact) mass is 410 g/mol. The molecule has 3 heterocycles. The Balaban J connectivity index is 0.00000210. The maximum absolute atomic E-state index is 14.0. The number of hydrogen-bond donors (Lipinski definition) is 1. The second kappa shape index (κ2) is 7.20. The minimum absolute atomic E-state index is 0. The van der Waals surface area contributed by atoms with Crippen molar-refractivity contribution in [2.45, 2.75) is 16.9 Å². The fraction of sp³-hybridized carbons (Fsp3) is 0.278. The van der Waals surface area contributed by atoms with Crippen LogP contribution in [-0.4, -0.2) is 41.4 Å². The highest BCUT2D eigenvalue weighted by atomic mass is 35.5. The Hall–Kier alpha value is -2.00. The highest BCUT2D eigenvalue weighted by molar-refractivity contribution is 7.89. The molecule has 1 aliphatic rings. The Kier molecular flexibility index (Phi) is 5.27. The van der Waals surface area contributed by atoms with E-state index < -0.39 is 15.8 Å². The molecule has 0 spiro atoms. The number of fused-ring (bicyclic) bond motifs is 1. The van der Waals surface area contributed by atoms with Crippen LogP contribution >= 0.6 is 12.4 Å². The lowest BCUT2D eigenvalue weighted by atomic mass is 9.95. The van der Waals surface area contributed by atoms with E-state index in [1.165, 1.54) is 22.5 Å². The van der Waals surface area contributed by atoms with Gasteiger partial charge >= 0.3 is 0 Å². The number of nitrogens with two attached hydrogens (primary N) is 1. The highest BCUT2D eigenvalue weighted by Gasteiger charge is 2.40. The fourth-order valence-corrected chi connectivity index (χ4v) is 5.23. The van der Waals surface area contributed by atoms with E-state index in [0.29, 0.717) is 0 Å². The van der Waals surface area contributed by atoms with Gasteiger partial charge in [0, 0.05) is 49.9 Å². The van der Waals surface area contributed by atoms with Gasteiger partial charge in [-0.05, 0) is 23.8 Å². The molecule has 9 heteroatoms. The van der Waals surface area contributed by atoms with Crippen molar-refractivity contribution in [1.29, 1.82) is 0 Å². The summed E-state index contributed by atoms with van der Waals surface area (Å²) < 4.78 is 43.0. The van der Waals surface area contributed by atoms with Crippen molar-refractivity contribution in [2.24, 2.45) is 12.8 Å². The van der Waals surface area contributed by atoms with E-state index in [0.717, 1.165) is 22.5 Å². The largest absolute Gasteiger partial charge is 0.349 e. The average molecular weight is 411 g/mol. The van der Waals surface area contributed by atoms with Crippen LogP contribution in [0.5, 0.6) is 0 Å². The number of benzene rings is 1. The van der Waals surface area contributed by atoms with Gasteiger partial charge in [-0.1, -0.05) is 12.1 Å². The molecular weight excluding hydrogens is 391 g/mol. The first-order valence-corrected chi connectivity index (χ1v) is 9.73. The van der Waals surface area contributed by atoms with Gasteiger partial charge in [0.25, 0.3) is 0 Å². The summed E-state index contributed by atoms with van der Waals surface area (Å²) in [5, 5.41) is 1.01. The predicted molar refractivity (Wildman–Crippen MR) is 104 cm³/mol. The minimum atomic E-state index is -3.93. The molecule has 0 bridgehead atoms. The molecule has 1 fully saturated rings. The molecule has 2 aromatic heterocycles. The summed E-state index contributed by atoms with van der Waals surface area (Å²) in [6.45, 7) is 0.377. The second-order valence-corrected chi connectivity index (χ2v) is 8.52. The van der Waals surface area contributed by atoms with E-state index in [1.54, 1.807) is 12.4 Å². The zero-order valence-electron chi connectivity index (χ0n) is 14.6. The van der Waals surface area contributed by atoms with Crippen LogP contribution in [0.3, 0.4) is 0 Å². The van der Waals surface area contributed by atoms with Crippen molar-refractivity contribution < 1.29 is 12.8 Å². The van der Waals surface area contributed by atoms with Crippen LogP contribution in [0.15, 0.2) is 53.8 Å². The standard InChI is InChI=1S/C18H19FN4O2S.ClH/c1-22-9-13(12-6-7-21-8-17(12)22)14-10-23(11-16(14)20)26(24,25)18-5-3-2-4-15(18)19;/h2-9,14,16H,10-11,20H2,1H3;1H/t14-,16+;/m0./s1. The molecule has 0 aliphatic carbocycles. The Morgan fingerprint density at radius 2 is 1.96 bits per heavy atom. The molecule has 2 atom stereocenters. The zero-order chi connectivity index (χ0) is 18.5. The Bertz CT molecular complexity index is 1090. The minimum Gasteiger partial charge on any atom is -0.349 e. The van der Waals surface area contributed by atoms with Gasteiger partial charge in [-0.25, -0.2) is 12.8 Å². The summed E-state index contributed by atoms with van der Waals surface area (Å²) in [5.74, 6) is -0.914. The molecule has 6 nitrogen and oxygen atoms in total. The van der Waals surface area contributed by atoms with E-state index in [4.69, 9.17) is 5.73 Å². The molecule has 2 N–H and O–H groups in total. The molecule has 1 aromatic carbocycles. The fourth-order valence-electron chi connectivity index (χ4n) is 3.66. The van der Waals surface area contributed by atoms with Gasteiger partial charge in [0.15, 0.2) is 0 Å². The number of pyridine rings is 1. The molecular formula is C18H20ClFN4O2S. The summed E-state index contributed by atoms with van der Waals surface area (Å²) in [7, 11) is -2.01. The lowest BCUT2D eigenvalue weighted by Gasteiger charge is -2.16. The molecule has 144 valence electrons. The van der Waals surface area contributed by atoms with E-state index in [9.17, 15) is 12.8 Å². The first-order chi connectivity index (χ1) is 12.4.